The Kier molecular flexibility index (Phi) is 4.49. The molecule has 0 bridgehead atoms. The van der Waals surface area contributed by atoms with Crippen molar-refractivity contribution in [2.24, 2.45) is 10.7 Å². The quantitative estimate of drug-likeness (QED) is 0.832. The number of rotatable bonds is 4. The number of thiophene rings is 1. The molecule has 6 heteroatoms. The molecule has 0 saturated heterocycles. The van der Waals surface area contributed by atoms with Crippen LogP contribution in [0.3, 0.4) is 0 Å². The van der Waals surface area contributed by atoms with Crippen molar-refractivity contribution in [3.05, 3.63) is 56.7 Å². The maximum atomic E-state index is 11.0. The summed E-state index contributed by atoms with van der Waals surface area (Å²) in [5, 5.41) is 6.82. The van der Waals surface area contributed by atoms with Crippen LogP contribution in [-0.4, -0.2) is 18.2 Å². The third-order valence-electron chi connectivity index (χ3n) is 3.41. The molecule has 0 saturated carbocycles. The largest absolute Gasteiger partial charge is 0.398 e. The van der Waals surface area contributed by atoms with E-state index < -0.39 is 0 Å². The van der Waals surface area contributed by atoms with Crippen molar-refractivity contribution in [2.75, 3.05) is 12.3 Å². The van der Waals surface area contributed by atoms with E-state index in [1.807, 2.05) is 24.3 Å². The molecule has 1 amide bonds. The number of thioether (sulfide) groups is 1. The Balaban J connectivity index is 1.94. The molecule has 4 nitrogen and oxygen atoms in total. The predicted molar refractivity (Wildman–Crippen MR) is 92.1 cm³/mol. The van der Waals surface area contributed by atoms with Crippen molar-refractivity contribution in [2.45, 2.75) is 12.3 Å². The number of carbonyl (C=O) groups is 1. The average Bonchev–Trinajstić information content (AvgIpc) is 2.95. The van der Waals surface area contributed by atoms with Crippen LogP contribution < -0.4 is 21.6 Å². The molecule has 22 heavy (non-hydrogen) atoms. The van der Waals surface area contributed by atoms with Gasteiger partial charge in [-0.2, -0.15) is 0 Å². The molecule has 1 aliphatic heterocycles. The monoisotopic (exact) mass is 331 g/mol. The molecule has 2 aromatic rings. The number of para-hydroxylation sites is 1. The van der Waals surface area contributed by atoms with Gasteiger partial charge in [-0.1, -0.05) is 18.2 Å². The molecule has 1 unspecified atom stereocenters. The number of nitrogens with zero attached hydrogens (tertiary/aromatic N) is 1. The van der Waals surface area contributed by atoms with Gasteiger partial charge < -0.3 is 11.1 Å². The van der Waals surface area contributed by atoms with E-state index in [1.165, 1.54) is 11.8 Å². The number of nitrogens with one attached hydrogen (secondary N) is 1. The summed E-state index contributed by atoms with van der Waals surface area (Å²) >= 11 is 3.41. The molecule has 1 atom stereocenters. The summed E-state index contributed by atoms with van der Waals surface area (Å²) in [5.74, 6) is 0.811. The Bertz CT molecular complexity index is 813. The summed E-state index contributed by atoms with van der Waals surface area (Å²) in [5.41, 5.74) is 8.23. The van der Waals surface area contributed by atoms with Crippen LogP contribution in [0.1, 0.15) is 22.7 Å². The minimum absolute atomic E-state index is 0.00172. The van der Waals surface area contributed by atoms with Gasteiger partial charge in [0.05, 0.1) is 5.36 Å². The second-order valence-corrected chi connectivity index (χ2v) is 7.10. The van der Waals surface area contributed by atoms with Crippen molar-refractivity contribution in [3.63, 3.8) is 0 Å². The number of nitrogens with two attached hydrogens (primary N) is 1. The minimum Gasteiger partial charge on any atom is -0.398 e. The fourth-order valence-corrected chi connectivity index (χ4v) is 4.49. The molecule has 0 spiro atoms. The third kappa shape index (κ3) is 3.03. The zero-order valence-electron chi connectivity index (χ0n) is 12.2. The molecule has 1 aromatic carbocycles. The van der Waals surface area contributed by atoms with Crippen molar-refractivity contribution >= 4 is 34.7 Å². The summed E-state index contributed by atoms with van der Waals surface area (Å²) in [6.07, 6.45) is 0. The molecular formula is C16H17N3OS2. The van der Waals surface area contributed by atoms with Gasteiger partial charge in [-0.15, -0.1) is 23.1 Å². The second-order valence-electron chi connectivity index (χ2n) is 4.96. The Morgan fingerprint density at radius 1 is 1.41 bits per heavy atom. The van der Waals surface area contributed by atoms with E-state index in [9.17, 15) is 4.79 Å². The molecule has 1 aliphatic rings. The van der Waals surface area contributed by atoms with Gasteiger partial charge in [-0.25, -0.2) is 0 Å². The van der Waals surface area contributed by atoms with Gasteiger partial charge in [-0.3, -0.25) is 9.79 Å². The Labute approximate surface area is 137 Å². The van der Waals surface area contributed by atoms with Crippen molar-refractivity contribution in [1.29, 1.82) is 0 Å². The van der Waals surface area contributed by atoms with Gasteiger partial charge in [0.25, 0.3) is 0 Å². The summed E-state index contributed by atoms with van der Waals surface area (Å²) in [7, 11) is 0. The molecule has 3 rings (SSSR count). The van der Waals surface area contributed by atoms with Crippen LogP contribution in [0.5, 0.6) is 0 Å². The number of hydrogen-bond donors (Lipinski definition) is 2. The van der Waals surface area contributed by atoms with Gasteiger partial charge in [0.15, 0.2) is 0 Å². The SMILES string of the molecule is CC(=O)NCCSC1N=c2ccccc2=C(N)c2ccsc21. The summed E-state index contributed by atoms with van der Waals surface area (Å²) in [4.78, 5) is 17.0. The van der Waals surface area contributed by atoms with Crippen molar-refractivity contribution in [1.82, 2.24) is 5.32 Å². The van der Waals surface area contributed by atoms with Crippen LogP contribution in [0.4, 0.5) is 0 Å². The lowest BCUT2D eigenvalue weighted by molar-refractivity contribution is -0.118. The number of fused-ring (bicyclic) bond motifs is 2. The lowest BCUT2D eigenvalue weighted by Crippen LogP contribution is -2.29. The molecule has 1 aromatic heterocycles. The summed E-state index contributed by atoms with van der Waals surface area (Å²) in [6.45, 7) is 2.18. The smallest absolute Gasteiger partial charge is 0.216 e. The lowest BCUT2D eigenvalue weighted by atomic mass is 10.1. The molecule has 0 radical (unpaired) electrons. The third-order valence-corrected chi connectivity index (χ3v) is 5.63. The number of hydrogen-bond acceptors (Lipinski definition) is 5. The number of carbonyl (C=O) groups excluding carboxylic acids is 1. The highest BCUT2D eigenvalue weighted by Crippen LogP contribution is 2.37. The van der Waals surface area contributed by atoms with E-state index in [4.69, 9.17) is 10.7 Å². The van der Waals surface area contributed by atoms with Gasteiger partial charge in [0.2, 0.25) is 5.91 Å². The zero-order valence-corrected chi connectivity index (χ0v) is 13.8. The Morgan fingerprint density at radius 2 is 2.23 bits per heavy atom. The lowest BCUT2D eigenvalue weighted by Gasteiger charge is -2.11. The zero-order chi connectivity index (χ0) is 15.5. The summed E-state index contributed by atoms with van der Waals surface area (Å²) < 4.78 is 0. The predicted octanol–water partition coefficient (Wildman–Crippen LogP) is 1.36. The van der Waals surface area contributed by atoms with Gasteiger partial charge in [0, 0.05) is 40.6 Å². The first-order valence-electron chi connectivity index (χ1n) is 7.03. The van der Waals surface area contributed by atoms with Gasteiger partial charge >= 0.3 is 0 Å². The first-order chi connectivity index (χ1) is 10.7. The van der Waals surface area contributed by atoms with E-state index in [2.05, 4.69) is 16.8 Å². The highest BCUT2D eigenvalue weighted by atomic mass is 32.2. The first kappa shape index (κ1) is 15.1. The highest BCUT2D eigenvalue weighted by molar-refractivity contribution is 7.99. The summed E-state index contributed by atoms with van der Waals surface area (Å²) in [6, 6.07) is 10.0. The molecular weight excluding hydrogens is 314 g/mol. The maximum absolute atomic E-state index is 11.0. The topological polar surface area (TPSA) is 67.5 Å². The van der Waals surface area contributed by atoms with Crippen LogP contribution in [0, 0.1) is 0 Å². The van der Waals surface area contributed by atoms with Crippen LogP contribution in [0.15, 0.2) is 40.7 Å². The molecule has 114 valence electrons. The van der Waals surface area contributed by atoms with Crippen molar-refractivity contribution < 1.29 is 4.79 Å². The van der Waals surface area contributed by atoms with Gasteiger partial charge in [0.1, 0.15) is 5.37 Å². The second kappa shape index (κ2) is 6.54. The average molecular weight is 331 g/mol. The van der Waals surface area contributed by atoms with Crippen LogP contribution in [0.25, 0.3) is 5.70 Å². The standard InChI is InChI=1S/C16H17N3OS2/c1-10(20)18-7-9-22-16-15-12(6-8-21-15)14(17)11-4-2-3-5-13(11)19-16/h2-6,8,16H,7,9,17H2,1H3,(H,18,20). The van der Waals surface area contributed by atoms with Crippen LogP contribution in [-0.2, 0) is 4.79 Å². The first-order valence-corrected chi connectivity index (χ1v) is 8.96. The van der Waals surface area contributed by atoms with Gasteiger partial charge in [-0.05, 0) is 17.5 Å². The van der Waals surface area contributed by atoms with Crippen LogP contribution in [0.2, 0.25) is 0 Å². The fraction of sp³-hybridized carbons (Fsp3) is 0.250. The molecule has 3 N–H and O–H groups in total. The van der Waals surface area contributed by atoms with E-state index in [1.54, 1.807) is 23.1 Å². The van der Waals surface area contributed by atoms with Crippen molar-refractivity contribution in [3.8, 4) is 0 Å². The Morgan fingerprint density at radius 3 is 3.05 bits per heavy atom. The van der Waals surface area contributed by atoms with E-state index in [0.29, 0.717) is 6.54 Å². The number of benzene rings is 1. The van der Waals surface area contributed by atoms with Crippen LogP contribution >= 0.6 is 23.1 Å². The molecule has 0 fully saturated rings. The maximum Gasteiger partial charge on any atom is 0.216 e. The normalized spacial score (nSPS) is 16.2. The van der Waals surface area contributed by atoms with E-state index in [-0.39, 0.29) is 11.3 Å². The molecule has 0 aliphatic carbocycles. The van der Waals surface area contributed by atoms with E-state index >= 15 is 0 Å². The Hall–Kier alpha value is -1.79. The minimum atomic E-state index is -0.00172. The molecule has 2 heterocycles. The van der Waals surface area contributed by atoms with E-state index in [0.717, 1.165) is 27.6 Å². The highest BCUT2D eigenvalue weighted by Gasteiger charge is 2.20. The number of amides is 1. The fourth-order valence-electron chi connectivity index (χ4n) is 2.39.